The number of carbonyl (C=O) groups excluding carboxylic acids is 2. The number of fused-ring (bicyclic) bond motifs is 1. The van der Waals surface area contributed by atoms with Crippen LogP contribution in [0, 0.1) is 13.8 Å². The van der Waals surface area contributed by atoms with Gasteiger partial charge in [-0.15, -0.1) is 0 Å². The molecule has 208 valence electrons. The zero-order chi connectivity index (χ0) is 28.8. The van der Waals surface area contributed by atoms with E-state index in [4.69, 9.17) is 4.74 Å². The number of hydrogen-bond acceptors (Lipinski definition) is 5. The summed E-state index contributed by atoms with van der Waals surface area (Å²) in [6.45, 7) is 6.27. The molecule has 0 aliphatic carbocycles. The summed E-state index contributed by atoms with van der Waals surface area (Å²) in [5.74, 6) is 0.0319. The summed E-state index contributed by atoms with van der Waals surface area (Å²) < 4.78 is 7.06. The van der Waals surface area contributed by atoms with Crippen molar-refractivity contribution in [1.29, 1.82) is 0 Å². The van der Waals surface area contributed by atoms with Gasteiger partial charge in [0.05, 0.1) is 18.0 Å². The van der Waals surface area contributed by atoms with Crippen molar-refractivity contribution in [3.63, 3.8) is 0 Å². The van der Waals surface area contributed by atoms with Gasteiger partial charge in [-0.3, -0.25) is 9.59 Å². The van der Waals surface area contributed by atoms with Gasteiger partial charge >= 0.3 is 5.97 Å². The standard InChI is InChI=1S/C34H34N4O3/c1-4-41-33(40)22-32(39)37-34-29-11-6-5-10-25(29)12-18-30(34)36-26-13-15-27(16-14-26)38-21-20-35-31(38)19-17-28-23(2)8-7-9-24(28)3/h5-16,18,20-21,36H,4,17,19,22H2,1-3H3,(H,37,39). The van der Waals surface area contributed by atoms with E-state index in [2.05, 4.69) is 52.2 Å². The molecule has 0 unspecified atom stereocenters. The first kappa shape index (κ1) is 27.6. The number of nitrogens with one attached hydrogen (secondary N) is 2. The molecule has 2 N–H and O–H groups in total. The molecule has 1 aromatic heterocycles. The SMILES string of the molecule is CCOC(=O)CC(=O)Nc1c(Nc2ccc(-n3ccnc3CCc3c(C)cccc3C)cc2)ccc2ccccc12. The Bertz CT molecular complexity index is 1670. The van der Waals surface area contributed by atoms with Crippen molar-refractivity contribution < 1.29 is 14.3 Å². The van der Waals surface area contributed by atoms with Crippen molar-refractivity contribution in [3.8, 4) is 5.69 Å². The zero-order valence-electron chi connectivity index (χ0n) is 23.6. The largest absolute Gasteiger partial charge is 0.466 e. The summed E-state index contributed by atoms with van der Waals surface area (Å²) in [7, 11) is 0. The summed E-state index contributed by atoms with van der Waals surface area (Å²) in [5, 5.41) is 8.22. The zero-order valence-corrected chi connectivity index (χ0v) is 23.6. The summed E-state index contributed by atoms with van der Waals surface area (Å²) >= 11 is 0. The maximum Gasteiger partial charge on any atom is 0.315 e. The number of amides is 1. The van der Waals surface area contributed by atoms with Gasteiger partial charge in [-0.2, -0.15) is 0 Å². The minimum atomic E-state index is -0.553. The fourth-order valence-electron chi connectivity index (χ4n) is 5.13. The second-order valence-corrected chi connectivity index (χ2v) is 9.99. The van der Waals surface area contributed by atoms with E-state index in [0.29, 0.717) is 5.69 Å². The lowest BCUT2D eigenvalue weighted by atomic mass is 9.98. The molecule has 0 fully saturated rings. The highest BCUT2D eigenvalue weighted by Crippen LogP contribution is 2.34. The molecule has 7 nitrogen and oxygen atoms in total. The molecule has 0 atom stereocenters. The minimum Gasteiger partial charge on any atom is -0.466 e. The Kier molecular flexibility index (Phi) is 8.44. The van der Waals surface area contributed by atoms with E-state index in [1.807, 2.05) is 73.1 Å². The van der Waals surface area contributed by atoms with E-state index in [9.17, 15) is 9.59 Å². The number of rotatable bonds is 10. The van der Waals surface area contributed by atoms with Gasteiger partial charge in [-0.05, 0) is 79.6 Å². The number of hydrogen-bond donors (Lipinski definition) is 2. The number of esters is 1. The molecule has 1 amide bonds. The van der Waals surface area contributed by atoms with Crippen LogP contribution >= 0.6 is 0 Å². The second kappa shape index (κ2) is 12.5. The Morgan fingerprint density at radius 2 is 1.63 bits per heavy atom. The van der Waals surface area contributed by atoms with Gasteiger partial charge in [0.2, 0.25) is 5.91 Å². The van der Waals surface area contributed by atoms with Crippen molar-refractivity contribution in [2.75, 3.05) is 17.2 Å². The number of benzene rings is 4. The molecule has 0 bridgehead atoms. The van der Waals surface area contributed by atoms with Gasteiger partial charge in [0.1, 0.15) is 12.2 Å². The van der Waals surface area contributed by atoms with Crippen molar-refractivity contribution in [2.24, 2.45) is 0 Å². The number of anilines is 3. The normalized spacial score (nSPS) is 10.9. The van der Waals surface area contributed by atoms with Gasteiger partial charge in [0, 0.05) is 35.6 Å². The number of aromatic nitrogens is 2. The highest BCUT2D eigenvalue weighted by molar-refractivity contribution is 6.10. The van der Waals surface area contributed by atoms with Gasteiger partial charge in [0.15, 0.2) is 0 Å². The minimum absolute atomic E-state index is 0.232. The van der Waals surface area contributed by atoms with E-state index in [-0.39, 0.29) is 13.0 Å². The predicted molar refractivity (Wildman–Crippen MR) is 164 cm³/mol. The van der Waals surface area contributed by atoms with Gasteiger partial charge < -0.3 is 19.9 Å². The lowest BCUT2D eigenvalue weighted by Gasteiger charge is -2.16. The highest BCUT2D eigenvalue weighted by atomic mass is 16.5. The molecule has 0 aliphatic rings. The Morgan fingerprint density at radius 3 is 2.39 bits per heavy atom. The first-order valence-electron chi connectivity index (χ1n) is 13.8. The Balaban J connectivity index is 1.35. The summed E-state index contributed by atoms with van der Waals surface area (Å²) in [5.41, 5.74) is 7.22. The van der Waals surface area contributed by atoms with Crippen LogP contribution in [0.2, 0.25) is 0 Å². The molecule has 5 rings (SSSR count). The first-order valence-corrected chi connectivity index (χ1v) is 13.8. The van der Waals surface area contributed by atoms with Gasteiger partial charge in [0.25, 0.3) is 0 Å². The average Bonchev–Trinajstić information content (AvgIpc) is 3.43. The third-order valence-electron chi connectivity index (χ3n) is 7.19. The van der Waals surface area contributed by atoms with Crippen molar-refractivity contribution in [3.05, 3.63) is 114 Å². The number of aryl methyl sites for hydroxylation is 3. The maximum absolute atomic E-state index is 12.7. The van der Waals surface area contributed by atoms with E-state index >= 15 is 0 Å². The Hall–Kier alpha value is -4.91. The van der Waals surface area contributed by atoms with Gasteiger partial charge in [-0.1, -0.05) is 48.5 Å². The third kappa shape index (κ3) is 6.47. The molecule has 1 heterocycles. The van der Waals surface area contributed by atoms with Gasteiger partial charge in [-0.25, -0.2) is 4.98 Å². The van der Waals surface area contributed by atoms with Crippen LogP contribution in [0.25, 0.3) is 16.5 Å². The molecule has 4 aromatic carbocycles. The van der Waals surface area contributed by atoms with Crippen molar-refractivity contribution >= 4 is 39.7 Å². The van der Waals surface area contributed by atoms with E-state index in [1.165, 1.54) is 16.7 Å². The van der Waals surface area contributed by atoms with Crippen LogP contribution in [0.3, 0.4) is 0 Å². The fraction of sp³-hybridized carbons (Fsp3) is 0.206. The molecule has 0 aliphatic heterocycles. The van der Waals surface area contributed by atoms with E-state index in [1.54, 1.807) is 6.92 Å². The quantitative estimate of drug-likeness (QED) is 0.145. The number of carbonyl (C=O) groups is 2. The van der Waals surface area contributed by atoms with E-state index < -0.39 is 11.9 Å². The fourth-order valence-corrected chi connectivity index (χ4v) is 5.13. The van der Waals surface area contributed by atoms with Crippen LogP contribution in [-0.4, -0.2) is 28.0 Å². The van der Waals surface area contributed by atoms with Crippen molar-refractivity contribution in [2.45, 2.75) is 40.0 Å². The molecule has 5 aromatic rings. The van der Waals surface area contributed by atoms with Crippen LogP contribution in [0.15, 0.2) is 91.3 Å². The monoisotopic (exact) mass is 546 g/mol. The number of imidazole rings is 1. The van der Waals surface area contributed by atoms with E-state index in [0.717, 1.165) is 46.5 Å². The first-order chi connectivity index (χ1) is 19.9. The summed E-state index contributed by atoms with van der Waals surface area (Å²) in [6, 6.07) is 26.3. The topological polar surface area (TPSA) is 85.3 Å². The van der Waals surface area contributed by atoms with Crippen LogP contribution in [0.5, 0.6) is 0 Å². The maximum atomic E-state index is 12.7. The Morgan fingerprint density at radius 1 is 0.878 bits per heavy atom. The number of ether oxygens (including phenoxy) is 1. The van der Waals surface area contributed by atoms with Crippen LogP contribution < -0.4 is 10.6 Å². The van der Waals surface area contributed by atoms with Crippen LogP contribution in [0.1, 0.15) is 35.9 Å². The van der Waals surface area contributed by atoms with Crippen LogP contribution in [0.4, 0.5) is 17.1 Å². The lowest BCUT2D eigenvalue weighted by molar-refractivity contribution is -0.145. The summed E-state index contributed by atoms with van der Waals surface area (Å²) in [4.78, 5) is 29.2. The molecule has 41 heavy (non-hydrogen) atoms. The Labute approximate surface area is 240 Å². The molecule has 0 saturated carbocycles. The average molecular weight is 547 g/mol. The molecule has 7 heteroatoms. The molecule has 0 radical (unpaired) electrons. The molecule has 0 spiro atoms. The summed E-state index contributed by atoms with van der Waals surface area (Å²) in [6.07, 6.45) is 5.25. The second-order valence-electron chi connectivity index (χ2n) is 9.99. The molecular weight excluding hydrogens is 512 g/mol. The smallest absolute Gasteiger partial charge is 0.315 e. The third-order valence-corrected chi connectivity index (χ3v) is 7.19. The molecular formula is C34H34N4O3. The highest BCUT2D eigenvalue weighted by Gasteiger charge is 2.15. The predicted octanol–water partition coefficient (Wildman–Crippen LogP) is 7.06. The molecule has 0 saturated heterocycles. The van der Waals surface area contributed by atoms with Crippen LogP contribution in [-0.2, 0) is 27.2 Å². The number of nitrogens with zero attached hydrogens (tertiary/aromatic N) is 2. The van der Waals surface area contributed by atoms with Crippen molar-refractivity contribution in [1.82, 2.24) is 9.55 Å². The lowest BCUT2D eigenvalue weighted by Crippen LogP contribution is -2.19.